The van der Waals surface area contributed by atoms with E-state index >= 15 is 0 Å². The number of hydrogen-bond donors (Lipinski definition) is 0. The molecule has 5 rings (SSSR count). The van der Waals surface area contributed by atoms with Crippen LogP contribution in [0.15, 0.2) is 72.8 Å². The molecule has 0 bridgehead atoms. The van der Waals surface area contributed by atoms with Gasteiger partial charge < -0.3 is 28.3 Å². The van der Waals surface area contributed by atoms with E-state index in [0.29, 0.717) is 0 Å². The molecular formula is C31H39B2NO5. The van der Waals surface area contributed by atoms with Crippen molar-refractivity contribution in [3.05, 3.63) is 72.8 Å². The van der Waals surface area contributed by atoms with E-state index in [4.69, 9.17) is 23.4 Å². The van der Waals surface area contributed by atoms with E-state index in [1.807, 2.05) is 18.2 Å². The van der Waals surface area contributed by atoms with Crippen LogP contribution in [0.2, 0.25) is 0 Å². The highest BCUT2D eigenvalue weighted by atomic mass is 16.7. The fraction of sp³-hybridized carbons (Fsp3) is 0.419. The molecule has 0 spiro atoms. The summed E-state index contributed by atoms with van der Waals surface area (Å²) in [5, 5.41) is 0. The first-order valence-corrected chi connectivity index (χ1v) is 13.6. The van der Waals surface area contributed by atoms with Crippen LogP contribution in [0, 0.1) is 0 Å². The molecule has 39 heavy (non-hydrogen) atoms. The summed E-state index contributed by atoms with van der Waals surface area (Å²) in [5.74, 6) is 0.792. The SMILES string of the molecule is COc1cccc(N(c2ccc(B3OC(C)(C)C(C)(C)O3)cc2)c2ccc(B3OC(C)(C)C(C)(C)O3)cc2)c1. The second-order valence-electron chi connectivity index (χ2n) is 12.4. The fourth-order valence-corrected chi connectivity index (χ4v) is 4.72. The largest absolute Gasteiger partial charge is 0.497 e. The molecule has 2 fully saturated rings. The number of hydrogen-bond acceptors (Lipinski definition) is 6. The highest BCUT2D eigenvalue weighted by molar-refractivity contribution is 6.62. The van der Waals surface area contributed by atoms with Crippen LogP contribution in [0.1, 0.15) is 55.4 Å². The molecule has 0 atom stereocenters. The molecule has 0 amide bonds. The molecule has 0 N–H and O–H groups in total. The fourth-order valence-electron chi connectivity index (χ4n) is 4.72. The van der Waals surface area contributed by atoms with Crippen molar-refractivity contribution in [2.45, 2.75) is 77.8 Å². The Kier molecular flexibility index (Phi) is 6.91. The van der Waals surface area contributed by atoms with Crippen LogP contribution in [0.5, 0.6) is 5.75 Å². The van der Waals surface area contributed by atoms with Crippen molar-refractivity contribution in [1.29, 1.82) is 0 Å². The lowest BCUT2D eigenvalue weighted by Gasteiger charge is -2.32. The van der Waals surface area contributed by atoms with Gasteiger partial charge in [0.25, 0.3) is 0 Å². The molecule has 2 aliphatic rings. The first-order chi connectivity index (χ1) is 18.2. The van der Waals surface area contributed by atoms with Gasteiger partial charge in [-0.1, -0.05) is 30.3 Å². The van der Waals surface area contributed by atoms with Crippen LogP contribution in [0.3, 0.4) is 0 Å². The Morgan fingerprint density at radius 2 is 0.923 bits per heavy atom. The van der Waals surface area contributed by atoms with Crippen molar-refractivity contribution in [2.24, 2.45) is 0 Å². The van der Waals surface area contributed by atoms with Crippen molar-refractivity contribution < 1.29 is 23.4 Å². The van der Waals surface area contributed by atoms with Crippen LogP contribution in [0.25, 0.3) is 0 Å². The van der Waals surface area contributed by atoms with E-state index in [1.165, 1.54) is 0 Å². The zero-order valence-corrected chi connectivity index (χ0v) is 24.6. The summed E-state index contributed by atoms with van der Waals surface area (Å²) in [5.41, 5.74) is 3.42. The Bertz CT molecular complexity index is 1210. The average molecular weight is 527 g/mol. The van der Waals surface area contributed by atoms with Crippen molar-refractivity contribution in [2.75, 3.05) is 12.0 Å². The lowest BCUT2D eigenvalue weighted by atomic mass is 9.79. The van der Waals surface area contributed by atoms with Crippen LogP contribution < -0.4 is 20.6 Å². The molecule has 2 saturated heterocycles. The minimum atomic E-state index is -0.409. The number of ether oxygens (including phenoxy) is 1. The van der Waals surface area contributed by atoms with E-state index in [9.17, 15) is 0 Å². The third-order valence-corrected chi connectivity index (χ3v) is 8.66. The smallest absolute Gasteiger partial charge is 0.494 e. The number of rotatable bonds is 6. The van der Waals surface area contributed by atoms with Gasteiger partial charge in [-0.25, -0.2) is 0 Å². The topological polar surface area (TPSA) is 49.4 Å². The van der Waals surface area contributed by atoms with Gasteiger partial charge >= 0.3 is 14.2 Å². The molecule has 0 saturated carbocycles. The van der Waals surface area contributed by atoms with Gasteiger partial charge in [-0.2, -0.15) is 0 Å². The van der Waals surface area contributed by atoms with Crippen LogP contribution in [-0.4, -0.2) is 43.8 Å². The van der Waals surface area contributed by atoms with Crippen LogP contribution in [-0.2, 0) is 18.6 Å². The minimum absolute atomic E-state index is 0.387. The molecule has 0 unspecified atom stereocenters. The van der Waals surface area contributed by atoms with Gasteiger partial charge in [0.2, 0.25) is 0 Å². The highest BCUT2D eigenvalue weighted by Crippen LogP contribution is 2.39. The third-order valence-electron chi connectivity index (χ3n) is 8.66. The standard InChI is InChI=1S/C31H39B2NO5/c1-28(2)29(3,4)37-32(36-28)22-13-17-24(18-14-22)34(26-11-10-12-27(21-26)35-9)25-19-15-23(16-20-25)33-38-30(5,6)31(7,8)39-33/h10-21H,1-9H3. The van der Waals surface area contributed by atoms with Crippen LogP contribution >= 0.6 is 0 Å². The maximum atomic E-state index is 6.27. The Balaban J connectivity index is 1.46. The number of benzene rings is 3. The number of nitrogens with zero attached hydrogens (tertiary/aromatic N) is 1. The summed E-state index contributed by atoms with van der Waals surface area (Å²) in [6, 6.07) is 24.7. The first-order valence-electron chi connectivity index (χ1n) is 13.6. The van der Waals surface area contributed by atoms with Crippen molar-refractivity contribution in [1.82, 2.24) is 0 Å². The highest BCUT2D eigenvalue weighted by Gasteiger charge is 2.52. The summed E-state index contributed by atoms with van der Waals surface area (Å²) in [6.07, 6.45) is 0. The van der Waals surface area contributed by atoms with Crippen molar-refractivity contribution in [3.63, 3.8) is 0 Å². The van der Waals surface area contributed by atoms with Gasteiger partial charge in [-0.05, 0) is 103 Å². The Morgan fingerprint density at radius 3 is 1.28 bits per heavy atom. The van der Waals surface area contributed by atoms with E-state index in [-0.39, 0.29) is 22.4 Å². The number of methoxy groups -OCH3 is 1. The number of anilines is 3. The Hall–Kier alpha value is -2.77. The minimum Gasteiger partial charge on any atom is -0.497 e. The maximum absolute atomic E-state index is 6.27. The third kappa shape index (κ3) is 5.11. The summed E-state index contributed by atoms with van der Waals surface area (Å²) < 4.78 is 30.6. The second-order valence-corrected chi connectivity index (χ2v) is 12.4. The lowest BCUT2D eigenvalue weighted by molar-refractivity contribution is 0.00578. The van der Waals surface area contributed by atoms with Gasteiger partial charge in [0.05, 0.1) is 29.5 Å². The quantitative estimate of drug-likeness (QED) is 0.380. The summed E-state index contributed by atoms with van der Waals surface area (Å²) >= 11 is 0. The second kappa shape index (κ2) is 9.70. The molecule has 2 heterocycles. The normalized spacial score (nSPS) is 20.7. The summed E-state index contributed by atoms with van der Waals surface area (Å²) in [7, 11) is 0.865. The first kappa shape index (κ1) is 27.8. The van der Waals surface area contributed by atoms with Gasteiger partial charge in [-0.15, -0.1) is 0 Å². The summed E-state index contributed by atoms with van der Waals surface area (Å²) in [6.45, 7) is 16.5. The average Bonchev–Trinajstić information content (AvgIpc) is 3.24. The molecule has 3 aromatic rings. The molecule has 0 aliphatic carbocycles. The lowest BCUT2D eigenvalue weighted by Crippen LogP contribution is -2.41. The van der Waals surface area contributed by atoms with E-state index in [0.717, 1.165) is 33.7 Å². The zero-order chi connectivity index (χ0) is 28.2. The van der Waals surface area contributed by atoms with E-state index < -0.39 is 14.2 Å². The molecular weight excluding hydrogens is 488 g/mol. The monoisotopic (exact) mass is 527 g/mol. The molecule has 2 aliphatic heterocycles. The molecule has 0 radical (unpaired) electrons. The predicted octanol–water partition coefficient (Wildman–Crippen LogP) is 5.76. The predicted molar refractivity (Wildman–Crippen MR) is 159 cm³/mol. The summed E-state index contributed by atoms with van der Waals surface area (Å²) in [4.78, 5) is 2.20. The zero-order valence-electron chi connectivity index (χ0n) is 24.6. The van der Waals surface area contributed by atoms with E-state index in [1.54, 1.807) is 7.11 Å². The van der Waals surface area contributed by atoms with Gasteiger partial charge in [0.15, 0.2) is 0 Å². The van der Waals surface area contributed by atoms with Crippen molar-refractivity contribution >= 4 is 42.2 Å². The molecule has 8 heteroatoms. The van der Waals surface area contributed by atoms with Crippen LogP contribution in [0.4, 0.5) is 17.1 Å². The molecule has 0 aromatic heterocycles. The van der Waals surface area contributed by atoms with Gasteiger partial charge in [0, 0.05) is 23.1 Å². The van der Waals surface area contributed by atoms with Gasteiger partial charge in [0.1, 0.15) is 5.75 Å². The molecule has 3 aromatic carbocycles. The Labute approximate surface area is 233 Å². The molecule has 6 nitrogen and oxygen atoms in total. The Morgan fingerprint density at radius 1 is 0.538 bits per heavy atom. The van der Waals surface area contributed by atoms with E-state index in [2.05, 4.69) is 115 Å². The van der Waals surface area contributed by atoms with Crippen molar-refractivity contribution in [3.8, 4) is 5.75 Å². The van der Waals surface area contributed by atoms with Gasteiger partial charge in [-0.3, -0.25) is 0 Å². The molecule has 204 valence electrons. The maximum Gasteiger partial charge on any atom is 0.494 e.